The zero-order chi connectivity index (χ0) is 19.1. The van der Waals surface area contributed by atoms with Crippen LogP contribution in [0.15, 0.2) is 24.3 Å². The average molecular weight is 369 g/mol. The van der Waals surface area contributed by atoms with Crippen LogP contribution >= 0.6 is 0 Å². The number of nitrogens with zero attached hydrogens (tertiary/aromatic N) is 1. The van der Waals surface area contributed by atoms with Gasteiger partial charge in [0.1, 0.15) is 0 Å². The van der Waals surface area contributed by atoms with Crippen molar-refractivity contribution in [3.05, 3.63) is 46.5 Å². The molecule has 0 fully saturated rings. The van der Waals surface area contributed by atoms with Crippen molar-refractivity contribution in [3.63, 3.8) is 0 Å². The van der Waals surface area contributed by atoms with Crippen LogP contribution in [0.5, 0.6) is 23.0 Å². The molecular formula is C22H27NO4. The molecule has 5 nitrogen and oxygen atoms in total. The normalized spacial score (nSPS) is 20.9. The molecule has 0 amide bonds. The Bertz CT molecular complexity index is 864. The summed E-state index contributed by atoms with van der Waals surface area (Å²) < 4.78 is 22.1. The molecule has 0 aliphatic carbocycles. The fourth-order valence-corrected chi connectivity index (χ4v) is 4.63. The third kappa shape index (κ3) is 2.81. The van der Waals surface area contributed by atoms with Crippen LogP contribution in [0.1, 0.15) is 41.3 Å². The summed E-state index contributed by atoms with van der Waals surface area (Å²) in [6.07, 6.45) is 1.96. The molecule has 2 atom stereocenters. The van der Waals surface area contributed by atoms with Crippen LogP contribution in [0.2, 0.25) is 0 Å². The molecule has 0 N–H and O–H groups in total. The minimum absolute atomic E-state index is 0.319. The highest BCUT2D eigenvalue weighted by molar-refractivity contribution is 5.53. The third-order valence-corrected chi connectivity index (χ3v) is 6.05. The Morgan fingerprint density at radius 1 is 0.741 bits per heavy atom. The van der Waals surface area contributed by atoms with Gasteiger partial charge >= 0.3 is 0 Å². The Hall–Kier alpha value is -2.40. The molecule has 2 heterocycles. The Morgan fingerprint density at radius 3 is 1.85 bits per heavy atom. The molecule has 2 aromatic carbocycles. The Morgan fingerprint density at radius 2 is 1.26 bits per heavy atom. The summed E-state index contributed by atoms with van der Waals surface area (Å²) in [7, 11) is 6.77. The van der Waals surface area contributed by atoms with Gasteiger partial charge < -0.3 is 18.9 Å². The van der Waals surface area contributed by atoms with E-state index in [-0.39, 0.29) is 0 Å². The van der Waals surface area contributed by atoms with Gasteiger partial charge in [0.05, 0.1) is 28.4 Å². The smallest absolute Gasteiger partial charge is 0.161 e. The van der Waals surface area contributed by atoms with E-state index in [2.05, 4.69) is 36.1 Å². The predicted octanol–water partition coefficient (Wildman–Crippen LogP) is 3.94. The number of hydrogen-bond acceptors (Lipinski definition) is 5. The zero-order valence-corrected chi connectivity index (χ0v) is 16.7. The van der Waals surface area contributed by atoms with Gasteiger partial charge in [-0.1, -0.05) is 0 Å². The Kier molecular flexibility index (Phi) is 4.64. The van der Waals surface area contributed by atoms with Crippen molar-refractivity contribution in [2.24, 2.45) is 0 Å². The number of methoxy groups -OCH3 is 4. The molecule has 5 heteroatoms. The van der Waals surface area contributed by atoms with E-state index in [1.807, 2.05) is 0 Å². The second-order valence-electron chi connectivity index (χ2n) is 7.20. The van der Waals surface area contributed by atoms with Crippen molar-refractivity contribution in [1.29, 1.82) is 0 Å². The standard InChI is InChI=1S/C22H27NO4/c1-13-16-11-21(26-4)20(25-3)10-15(16)8-18-17-12-22(27-5)19(24-2)9-14(17)6-7-23(13)18/h9-13,18H,6-8H2,1-5H3/t13-,18?/m0/s1. The highest BCUT2D eigenvalue weighted by Crippen LogP contribution is 2.48. The molecule has 0 spiro atoms. The minimum Gasteiger partial charge on any atom is -0.493 e. The first-order chi connectivity index (χ1) is 13.1. The van der Waals surface area contributed by atoms with E-state index >= 15 is 0 Å². The summed E-state index contributed by atoms with van der Waals surface area (Å²) in [6, 6.07) is 9.22. The van der Waals surface area contributed by atoms with Gasteiger partial charge in [0.2, 0.25) is 0 Å². The van der Waals surface area contributed by atoms with E-state index in [0.717, 1.165) is 42.4 Å². The van der Waals surface area contributed by atoms with Crippen LogP contribution in [0.25, 0.3) is 0 Å². The summed E-state index contributed by atoms with van der Waals surface area (Å²) in [5, 5.41) is 0. The first kappa shape index (κ1) is 18.0. The van der Waals surface area contributed by atoms with Gasteiger partial charge in [-0.2, -0.15) is 0 Å². The highest BCUT2D eigenvalue weighted by Gasteiger charge is 2.37. The lowest BCUT2D eigenvalue weighted by Crippen LogP contribution is -2.41. The molecule has 0 bridgehead atoms. The van der Waals surface area contributed by atoms with E-state index < -0.39 is 0 Å². The summed E-state index contributed by atoms with van der Waals surface area (Å²) in [5.74, 6) is 3.19. The van der Waals surface area contributed by atoms with Crippen LogP contribution in [-0.4, -0.2) is 39.9 Å². The van der Waals surface area contributed by atoms with Crippen molar-refractivity contribution in [2.75, 3.05) is 35.0 Å². The van der Waals surface area contributed by atoms with Gasteiger partial charge in [-0.3, -0.25) is 4.90 Å². The van der Waals surface area contributed by atoms with Gasteiger partial charge in [-0.15, -0.1) is 0 Å². The molecule has 0 aromatic heterocycles. The van der Waals surface area contributed by atoms with Gasteiger partial charge in [0, 0.05) is 18.6 Å². The third-order valence-electron chi connectivity index (χ3n) is 6.05. The van der Waals surface area contributed by atoms with Crippen molar-refractivity contribution in [1.82, 2.24) is 4.90 Å². The lowest BCUT2D eigenvalue weighted by atomic mass is 9.81. The van der Waals surface area contributed by atoms with Crippen LogP contribution in [0, 0.1) is 0 Å². The maximum atomic E-state index is 5.57. The summed E-state index contributed by atoms with van der Waals surface area (Å²) in [6.45, 7) is 3.31. The first-order valence-electron chi connectivity index (χ1n) is 9.36. The highest BCUT2D eigenvalue weighted by atomic mass is 16.5. The molecule has 27 heavy (non-hydrogen) atoms. The topological polar surface area (TPSA) is 40.2 Å². The number of fused-ring (bicyclic) bond motifs is 4. The van der Waals surface area contributed by atoms with Crippen molar-refractivity contribution in [2.45, 2.75) is 31.8 Å². The number of ether oxygens (including phenoxy) is 4. The molecule has 2 aliphatic heterocycles. The average Bonchev–Trinajstić information content (AvgIpc) is 2.71. The molecule has 2 aromatic rings. The van der Waals surface area contributed by atoms with Gasteiger partial charge in [0.25, 0.3) is 0 Å². The van der Waals surface area contributed by atoms with E-state index in [1.54, 1.807) is 28.4 Å². The molecule has 144 valence electrons. The van der Waals surface area contributed by atoms with E-state index in [0.29, 0.717) is 12.1 Å². The summed E-state index contributed by atoms with van der Waals surface area (Å²) >= 11 is 0. The van der Waals surface area contributed by atoms with Crippen LogP contribution in [-0.2, 0) is 12.8 Å². The number of rotatable bonds is 4. The number of hydrogen-bond donors (Lipinski definition) is 0. The van der Waals surface area contributed by atoms with Gasteiger partial charge in [0.15, 0.2) is 23.0 Å². The van der Waals surface area contributed by atoms with Crippen molar-refractivity contribution < 1.29 is 18.9 Å². The fraction of sp³-hybridized carbons (Fsp3) is 0.455. The Labute approximate surface area is 160 Å². The van der Waals surface area contributed by atoms with Gasteiger partial charge in [-0.25, -0.2) is 0 Å². The molecule has 4 rings (SSSR count). The maximum Gasteiger partial charge on any atom is 0.161 e. The monoisotopic (exact) mass is 369 g/mol. The molecule has 0 radical (unpaired) electrons. The minimum atomic E-state index is 0.319. The lowest BCUT2D eigenvalue weighted by molar-refractivity contribution is 0.117. The quantitative estimate of drug-likeness (QED) is 0.816. The molecule has 0 saturated heterocycles. The van der Waals surface area contributed by atoms with Crippen molar-refractivity contribution >= 4 is 0 Å². The molecule has 0 saturated carbocycles. The zero-order valence-electron chi connectivity index (χ0n) is 16.7. The molecule has 1 unspecified atom stereocenters. The summed E-state index contributed by atoms with van der Waals surface area (Å²) in [5.41, 5.74) is 5.34. The number of benzene rings is 2. The van der Waals surface area contributed by atoms with Crippen LogP contribution < -0.4 is 18.9 Å². The fourth-order valence-electron chi connectivity index (χ4n) is 4.63. The second kappa shape index (κ2) is 6.97. The SMILES string of the molecule is COc1cc2c(cc1OC)C1Cc3cc(OC)c(OC)cc3[C@H](C)N1CC2. The van der Waals surface area contributed by atoms with Crippen molar-refractivity contribution in [3.8, 4) is 23.0 Å². The largest absolute Gasteiger partial charge is 0.493 e. The van der Waals surface area contributed by atoms with E-state index in [9.17, 15) is 0 Å². The lowest BCUT2D eigenvalue weighted by Gasteiger charge is -2.45. The second-order valence-corrected chi connectivity index (χ2v) is 7.20. The van der Waals surface area contributed by atoms with Crippen LogP contribution in [0.4, 0.5) is 0 Å². The maximum absolute atomic E-state index is 5.57. The predicted molar refractivity (Wildman–Crippen MR) is 104 cm³/mol. The molecule has 2 aliphatic rings. The Balaban J connectivity index is 1.80. The van der Waals surface area contributed by atoms with E-state index in [4.69, 9.17) is 18.9 Å². The van der Waals surface area contributed by atoms with Crippen LogP contribution in [0.3, 0.4) is 0 Å². The molecular weight excluding hydrogens is 342 g/mol. The first-order valence-corrected chi connectivity index (χ1v) is 9.36. The van der Waals surface area contributed by atoms with Gasteiger partial charge in [-0.05, 0) is 66.3 Å². The van der Waals surface area contributed by atoms with E-state index in [1.165, 1.54) is 22.3 Å². The summed E-state index contributed by atoms with van der Waals surface area (Å²) in [4.78, 5) is 2.59.